The van der Waals surface area contributed by atoms with Gasteiger partial charge in [-0.1, -0.05) is 39.8 Å². The Labute approximate surface area is 141 Å². The predicted octanol–water partition coefficient (Wildman–Crippen LogP) is 5.78. The Morgan fingerprint density at radius 3 is 2.52 bits per heavy atom. The van der Waals surface area contributed by atoms with Crippen molar-refractivity contribution in [1.82, 2.24) is 0 Å². The first kappa shape index (κ1) is 16.5. The van der Waals surface area contributed by atoms with Crippen molar-refractivity contribution in [3.05, 3.63) is 57.0 Å². The first-order valence-corrected chi connectivity index (χ1v) is 8.24. The van der Waals surface area contributed by atoms with Gasteiger partial charge in [-0.05, 0) is 46.3 Å². The zero-order valence-corrected chi connectivity index (χ0v) is 14.4. The van der Waals surface area contributed by atoms with Gasteiger partial charge in [0.25, 0.3) is 11.7 Å². The number of para-hydroxylation sites is 1. The predicted molar refractivity (Wildman–Crippen MR) is 88.1 cm³/mol. The van der Waals surface area contributed by atoms with Crippen LogP contribution in [-0.2, 0) is 0 Å². The molecule has 1 N–H and O–H groups in total. The topological polar surface area (TPSA) is 29.1 Å². The van der Waals surface area contributed by atoms with E-state index in [2.05, 4.69) is 37.2 Å². The van der Waals surface area contributed by atoms with Crippen molar-refractivity contribution in [3.63, 3.8) is 0 Å². The molecule has 21 heavy (non-hydrogen) atoms. The molecule has 0 aromatic heterocycles. The van der Waals surface area contributed by atoms with Gasteiger partial charge in [-0.25, -0.2) is 0 Å². The van der Waals surface area contributed by atoms with Crippen LogP contribution in [-0.4, -0.2) is 11.7 Å². The fourth-order valence-corrected chi connectivity index (χ4v) is 3.45. The number of hydrogen-bond acceptors (Lipinski definition) is 2. The summed E-state index contributed by atoms with van der Waals surface area (Å²) in [6.07, 6.45) is 0. The van der Waals surface area contributed by atoms with E-state index in [-0.39, 0.29) is 5.91 Å². The van der Waals surface area contributed by atoms with E-state index in [4.69, 9.17) is 0 Å². The van der Waals surface area contributed by atoms with Crippen LogP contribution in [0.2, 0.25) is 0 Å². The molecular weight excluding hydrogens is 428 g/mol. The number of benzene rings is 2. The summed E-state index contributed by atoms with van der Waals surface area (Å²) in [6.45, 7) is 0. The molecule has 0 radical (unpaired) electrons. The van der Waals surface area contributed by atoms with E-state index in [1.807, 2.05) is 0 Å². The quantitative estimate of drug-likeness (QED) is 0.615. The third kappa shape index (κ3) is 4.52. The molecule has 0 bridgehead atoms. The Bertz CT molecular complexity index is 667. The molecule has 1 amide bonds. The SMILES string of the molecule is O=C(Nc1ccccc1SC(F)F)c1ccc(Br)cc1Br. The average molecular weight is 437 g/mol. The lowest BCUT2D eigenvalue weighted by molar-refractivity contribution is 0.102. The van der Waals surface area contributed by atoms with Crippen LogP contribution in [0.1, 0.15) is 10.4 Å². The lowest BCUT2D eigenvalue weighted by Crippen LogP contribution is -2.13. The van der Waals surface area contributed by atoms with Gasteiger partial charge in [-0.15, -0.1) is 0 Å². The van der Waals surface area contributed by atoms with E-state index in [1.165, 1.54) is 0 Å². The first-order chi connectivity index (χ1) is 9.97. The van der Waals surface area contributed by atoms with Crippen molar-refractivity contribution in [3.8, 4) is 0 Å². The second-order valence-corrected chi connectivity index (χ2v) is 6.75. The maximum atomic E-state index is 12.5. The molecule has 0 atom stereocenters. The molecule has 0 aliphatic rings. The van der Waals surface area contributed by atoms with Gasteiger partial charge in [0.15, 0.2) is 0 Å². The summed E-state index contributed by atoms with van der Waals surface area (Å²) in [5.74, 6) is -2.90. The molecule has 2 rings (SSSR count). The standard InChI is InChI=1S/C14H9Br2F2NOS/c15-8-5-6-9(10(16)7-8)13(20)19-11-3-1-2-4-12(11)21-14(17)18/h1-7,14H,(H,19,20). The molecule has 0 aliphatic heterocycles. The lowest BCUT2D eigenvalue weighted by atomic mass is 10.2. The molecule has 110 valence electrons. The molecule has 2 aromatic rings. The van der Waals surface area contributed by atoms with Crippen LogP contribution in [0.3, 0.4) is 0 Å². The van der Waals surface area contributed by atoms with Gasteiger partial charge in [-0.2, -0.15) is 8.78 Å². The zero-order chi connectivity index (χ0) is 15.4. The van der Waals surface area contributed by atoms with Crippen LogP contribution in [0.25, 0.3) is 0 Å². The van der Waals surface area contributed by atoms with Crippen LogP contribution < -0.4 is 5.32 Å². The highest BCUT2D eigenvalue weighted by molar-refractivity contribution is 9.11. The molecular formula is C14H9Br2F2NOS. The zero-order valence-electron chi connectivity index (χ0n) is 10.4. The van der Waals surface area contributed by atoms with E-state index in [0.717, 1.165) is 4.47 Å². The summed E-state index contributed by atoms with van der Waals surface area (Å²) in [5.41, 5.74) is 0.790. The van der Waals surface area contributed by atoms with Crippen LogP contribution in [0.5, 0.6) is 0 Å². The number of alkyl halides is 2. The Morgan fingerprint density at radius 2 is 1.86 bits per heavy atom. The first-order valence-electron chi connectivity index (χ1n) is 5.77. The number of halogens is 4. The summed E-state index contributed by atoms with van der Waals surface area (Å²) in [7, 11) is 0. The molecule has 7 heteroatoms. The minimum Gasteiger partial charge on any atom is -0.321 e. The third-order valence-electron chi connectivity index (χ3n) is 2.53. The van der Waals surface area contributed by atoms with E-state index in [1.54, 1.807) is 42.5 Å². The van der Waals surface area contributed by atoms with Gasteiger partial charge in [0.05, 0.1) is 11.3 Å². The second kappa shape index (κ2) is 7.38. The van der Waals surface area contributed by atoms with E-state index in [0.29, 0.717) is 32.4 Å². The Kier molecular flexibility index (Phi) is 5.78. The highest BCUT2D eigenvalue weighted by Crippen LogP contribution is 2.32. The van der Waals surface area contributed by atoms with Gasteiger partial charge in [0, 0.05) is 13.8 Å². The monoisotopic (exact) mass is 435 g/mol. The third-order valence-corrected chi connectivity index (χ3v) is 4.46. The van der Waals surface area contributed by atoms with E-state index >= 15 is 0 Å². The Morgan fingerprint density at radius 1 is 1.14 bits per heavy atom. The maximum Gasteiger partial charge on any atom is 0.288 e. The smallest absolute Gasteiger partial charge is 0.288 e. The Balaban J connectivity index is 2.23. The number of rotatable bonds is 4. The molecule has 0 spiro atoms. The number of carbonyl (C=O) groups excluding carboxylic acids is 1. The number of anilines is 1. The van der Waals surface area contributed by atoms with Gasteiger partial charge in [-0.3, -0.25) is 4.79 Å². The van der Waals surface area contributed by atoms with Gasteiger partial charge in [0.1, 0.15) is 0 Å². The molecule has 0 heterocycles. The summed E-state index contributed by atoms with van der Waals surface area (Å²) in [6, 6.07) is 11.6. The normalized spacial score (nSPS) is 10.7. The van der Waals surface area contributed by atoms with Crippen LogP contribution in [0.15, 0.2) is 56.3 Å². The van der Waals surface area contributed by atoms with Crippen molar-refractivity contribution >= 4 is 55.2 Å². The summed E-state index contributed by atoms with van der Waals surface area (Å²) in [4.78, 5) is 12.6. The van der Waals surface area contributed by atoms with Crippen molar-refractivity contribution in [1.29, 1.82) is 0 Å². The van der Waals surface area contributed by atoms with E-state index < -0.39 is 5.76 Å². The Hall–Kier alpha value is -0.920. The maximum absolute atomic E-state index is 12.5. The molecule has 2 aromatic carbocycles. The molecule has 0 saturated heterocycles. The van der Waals surface area contributed by atoms with Crippen molar-refractivity contribution in [2.75, 3.05) is 5.32 Å². The average Bonchev–Trinajstić information content (AvgIpc) is 2.40. The lowest BCUT2D eigenvalue weighted by Gasteiger charge is -2.11. The fourth-order valence-electron chi connectivity index (χ4n) is 1.63. The van der Waals surface area contributed by atoms with E-state index in [9.17, 15) is 13.6 Å². The van der Waals surface area contributed by atoms with Crippen molar-refractivity contribution < 1.29 is 13.6 Å². The highest BCUT2D eigenvalue weighted by atomic mass is 79.9. The number of thioether (sulfide) groups is 1. The number of carbonyl (C=O) groups is 1. The van der Waals surface area contributed by atoms with Crippen LogP contribution in [0, 0.1) is 0 Å². The number of nitrogens with one attached hydrogen (secondary N) is 1. The van der Waals surface area contributed by atoms with Crippen molar-refractivity contribution in [2.45, 2.75) is 10.7 Å². The second-order valence-electron chi connectivity index (χ2n) is 3.95. The number of hydrogen-bond donors (Lipinski definition) is 1. The molecule has 2 nitrogen and oxygen atoms in total. The van der Waals surface area contributed by atoms with Crippen LogP contribution >= 0.6 is 43.6 Å². The minimum atomic E-state index is -2.54. The summed E-state index contributed by atoms with van der Waals surface area (Å²) >= 11 is 7.01. The molecule has 0 aliphatic carbocycles. The van der Waals surface area contributed by atoms with Crippen molar-refractivity contribution in [2.24, 2.45) is 0 Å². The van der Waals surface area contributed by atoms with Crippen LogP contribution in [0.4, 0.5) is 14.5 Å². The van der Waals surface area contributed by atoms with Gasteiger partial charge in [0.2, 0.25) is 0 Å². The molecule has 0 unspecified atom stereocenters. The highest BCUT2D eigenvalue weighted by Gasteiger charge is 2.14. The summed E-state index contributed by atoms with van der Waals surface area (Å²) < 4.78 is 26.5. The van der Waals surface area contributed by atoms with Gasteiger partial charge < -0.3 is 5.32 Å². The summed E-state index contributed by atoms with van der Waals surface area (Å²) in [5, 5.41) is 2.65. The van der Waals surface area contributed by atoms with Gasteiger partial charge >= 0.3 is 0 Å². The number of amides is 1. The molecule has 0 fully saturated rings. The fraction of sp³-hybridized carbons (Fsp3) is 0.0714. The molecule has 0 saturated carbocycles. The minimum absolute atomic E-state index is 0.328. The largest absolute Gasteiger partial charge is 0.321 e.